The average Bonchev–Trinajstić information content (AvgIpc) is 2.57. The van der Waals surface area contributed by atoms with Crippen LogP contribution in [-0.4, -0.2) is 14.7 Å². The highest BCUT2D eigenvalue weighted by Crippen LogP contribution is 2.32. The normalized spacial score (nSPS) is 10.5. The van der Waals surface area contributed by atoms with Crippen LogP contribution in [0.4, 0.5) is 11.5 Å². The molecule has 0 spiro atoms. The molecular formula is C11H12N4O2. The molecule has 0 aliphatic rings. The molecule has 0 aliphatic heterocycles. The zero-order valence-electron chi connectivity index (χ0n) is 9.54. The third-order valence-electron chi connectivity index (χ3n) is 2.69. The van der Waals surface area contributed by atoms with Gasteiger partial charge in [-0.25, -0.2) is 0 Å². The van der Waals surface area contributed by atoms with Gasteiger partial charge in [-0.05, 0) is 13.0 Å². The quantitative estimate of drug-likeness (QED) is 0.632. The van der Waals surface area contributed by atoms with Crippen LogP contribution in [-0.2, 0) is 7.05 Å². The summed E-state index contributed by atoms with van der Waals surface area (Å²) in [4.78, 5) is 10.5. The van der Waals surface area contributed by atoms with Crippen LogP contribution in [0.15, 0.2) is 24.3 Å². The van der Waals surface area contributed by atoms with Gasteiger partial charge in [0, 0.05) is 18.7 Å². The van der Waals surface area contributed by atoms with Gasteiger partial charge in [0.05, 0.1) is 10.5 Å². The van der Waals surface area contributed by atoms with Crippen molar-refractivity contribution in [3.05, 3.63) is 39.9 Å². The van der Waals surface area contributed by atoms with Crippen molar-refractivity contribution in [2.45, 2.75) is 6.92 Å². The van der Waals surface area contributed by atoms with Gasteiger partial charge in [0.25, 0.3) is 5.69 Å². The van der Waals surface area contributed by atoms with Gasteiger partial charge in [0.15, 0.2) is 0 Å². The predicted octanol–water partition coefficient (Wildman–Crippen LogP) is 1.89. The van der Waals surface area contributed by atoms with Gasteiger partial charge >= 0.3 is 0 Å². The fourth-order valence-corrected chi connectivity index (χ4v) is 1.73. The summed E-state index contributed by atoms with van der Waals surface area (Å²) in [7, 11) is 1.71. The number of nitrogens with zero attached hydrogens (tertiary/aromatic N) is 3. The monoisotopic (exact) mass is 232 g/mol. The number of nitro groups is 1. The van der Waals surface area contributed by atoms with Crippen molar-refractivity contribution in [1.82, 2.24) is 9.78 Å². The van der Waals surface area contributed by atoms with Crippen molar-refractivity contribution >= 4 is 11.5 Å². The molecule has 1 aromatic carbocycles. The molecule has 0 fully saturated rings. The standard InChI is InChI=1S/C11H12N4O2/c1-7-10(13-14(2)11(7)12)8-5-3-4-6-9(8)15(16)17/h3-6H,12H2,1-2H3. The number of nitro benzene ring substituents is 1. The second kappa shape index (κ2) is 3.89. The number of hydrogen-bond acceptors (Lipinski definition) is 4. The molecule has 6 heteroatoms. The van der Waals surface area contributed by atoms with Crippen LogP contribution in [0.25, 0.3) is 11.3 Å². The maximum absolute atomic E-state index is 10.9. The Morgan fingerprint density at radius 1 is 1.41 bits per heavy atom. The third-order valence-corrected chi connectivity index (χ3v) is 2.69. The number of hydrogen-bond donors (Lipinski definition) is 1. The maximum atomic E-state index is 10.9. The van der Waals surface area contributed by atoms with E-state index < -0.39 is 4.92 Å². The SMILES string of the molecule is Cc1c(-c2ccccc2[N+](=O)[O-])nn(C)c1N. The highest BCUT2D eigenvalue weighted by atomic mass is 16.6. The lowest BCUT2D eigenvalue weighted by atomic mass is 10.1. The van der Waals surface area contributed by atoms with Gasteiger partial charge in [0.2, 0.25) is 0 Å². The minimum Gasteiger partial charge on any atom is -0.384 e. The highest BCUT2D eigenvalue weighted by molar-refractivity contribution is 5.75. The van der Waals surface area contributed by atoms with Crippen LogP contribution in [0.2, 0.25) is 0 Å². The Balaban J connectivity index is 2.68. The molecule has 1 heterocycles. The first-order valence-corrected chi connectivity index (χ1v) is 5.05. The van der Waals surface area contributed by atoms with Gasteiger partial charge in [-0.2, -0.15) is 5.10 Å². The number of nitrogens with two attached hydrogens (primary N) is 1. The summed E-state index contributed by atoms with van der Waals surface area (Å²) in [5, 5.41) is 15.1. The molecule has 0 aliphatic carbocycles. The second-order valence-corrected chi connectivity index (χ2v) is 3.76. The lowest BCUT2D eigenvalue weighted by Crippen LogP contribution is -1.97. The van der Waals surface area contributed by atoms with E-state index in [1.807, 2.05) is 0 Å². The third kappa shape index (κ3) is 1.73. The number of aromatic nitrogens is 2. The Morgan fingerprint density at radius 3 is 2.59 bits per heavy atom. The molecule has 2 aromatic rings. The van der Waals surface area contributed by atoms with Gasteiger partial charge in [-0.1, -0.05) is 12.1 Å². The summed E-state index contributed by atoms with van der Waals surface area (Å²) >= 11 is 0. The molecule has 0 saturated heterocycles. The fourth-order valence-electron chi connectivity index (χ4n) is 1.73. The first-order valence-electron chi connectivity index (χ1n) is 5.05. The van der Waals surface area contributed by atoms with Gasteiger partial charge in [-0.15, -0.1) is 0 Å². The fraction of sp³-hybridized carbons (Fsp3) is 0.182. The summed E-state index contributed by atoms with van der Waals surface area (Å²) in [6.07, 6.45) is 0. The molecule has 2 rings (SSSR count). The summed E-state index contributed by atoms with van der Waals surface area (Å²) in [5.74, 6) is 0.512. The molecule has 88 valence electrons. The number of anilines is 1. The summed E-state index contributed by atoms with van der Waals surface area (Å²) in [6.45, 7) is 1.80. The Morgan fingerprint density at radius 2 is 2.06 bits per heavy atom. The highest BCUT2D eigenvalue weighted by Gasteiger charge is 2.20. The Labute approximate surface area is 97.8 Å². The molecular weight excluding hydrogens is 220 g/mol. The van der Waals surface area contributed by atoms with Crippen LogP contribution in [0.5, 0.6) is 0 Å². The van der Waals surface area contributed by atoms with Crippen LogP contribution >= 0.6 is 0 Å². The van der Waals surface area contributed by atoms with Crippen LogP contribution in [0.1, 0.15) is 5.56 Å². The molecule has 0 unspecified atom stereocenters. The largest absolute Gasteiger partial charge is 0.384 e. The van der Waals surface area contributed by atoms with Crippen molar-refractivity contribution in [2.24, 2.45) is 7.05 Å². The van der Waals surface area contributed by atoms with Gasteiger partial charge in [-0.3, -0.25) is 14.8 Å². The lowest BCUT2D eigenvalue weighted by molar-refractivity contribution is -0.384. The van der Waals surface area contributed by atoms with Crippen molar-refractivity contribution in [3.63, 3.8) is 0 Å². The minimum atomic E-state index is -0.417. The summed E-state index contributed by atoms with van der Waals surface area (Å²) in [6, 6.07) is 6.50. The van der Waals surface area contributed by atoms with Crippen molar-refractivity contribution < 1.29 is 4.92 Å². The number of nitrogen functional groups attached to an aromatic ring is 1. The molecule has 0 radical (unpaired) electrons. The average molecular weight is 232 g/mol. The maximum Gasteiger partial charge on any atom is 0.278 e. The number of para-hydroxylation sites is 1. The van der Waals surface area contributed by atoms with E-state index in [1.54, 1.807) is 32.2 Å². The Kier molecular flexibility index (Phi) is 2.55. The van der Waals surface area contributed by atoms with Gasteiger partial charge in [0.1, 0.15) is 11.5 Å². The van der Waals surface area contributed by atoms with Crippen LogP contribution in [0.3, 0.4) is 0 Å². The molecule has 17 heavy (non-hydrogen) atoms. The van der Waals surface area contributed by atoms with Crippen molar-refractivity contribution in [2.75, 3.05) is 5.73 Å². The minimum absolute atomic E-state index is 0.0358. The summed E-state index contributed by atoms with van der Waals surface area (Å²) < 4.78 is 1.52. The lowest BCUT2D eigenvalue weighted by Gasteiger charge is -2.00. The zero-order valence-corrected chi connectivity index (χ0v) is 9.54. The second-order valence-electron chi connectivity index (χ2n) is 3.76. The molecule has 0 atom stereocenters. The summed E-state index contributed by atoms with van der Waals surface area (Å²) in [5.41, 5.74) is 7.63. The molecule has 0 saturated carbocycles. The predicted molar refractivity (Wildman–Crippen MR) is 64.4 cm³/mol. The van der Waals surface area contributed by atoms with E-state index in [4.69, 9.17) is 5.73 Å². The van der Waals surface area contributed by atoms with E-state index in [1.165, 1.54) is 10.7 Å². The van der Waals surface area contributed by atoms with Crippen molar-refractivity contribution in [1.29, 1.82) is 0 Å². The van der Waals surface area contributed by atoms with Crippen LogP contribution < -0.4 is 5.73 Å². The first-order chi connectivity index (χ1) is 8.02. The number of rotatable bonds is 2. The van der Waals surface area contributed by atoms with E-state index in [9.17, 15) is 10.1 Å². The van der Waals surface area contributed by atoms with E-state index in [2.05, 4.69) is 5.10 Å². The molecule has 0 amide bonds. The Hall–Kier alpha value is -2.37. The molecule has 1 aromatic heterocycles. The van der Waals surface area contributed by atoms with Crippen molar-refractivity contribution in [3.8, 4) is 11.3 Å². The molecule has 0 bridgehead atoms. The smallest absolute Gasteiger partial charge is 0.278 e. The zero-order chi connectivity index (χ0) is 12.6. The van der Waals surface area contributed by atoms with E-state index >= 15 is 0 Å². The Bertz CT molecular complexity index is 589. The van der Waals surface area contributed by atoms with E-state index in [0.717, 1.165) is 5.56 Å². The van der Waals surface area contributed by atoms with E-state index in [0.29, 0.717) is 17.1 Å². The number of benzene rings is 1. The van der Waals surface area contributed by atoms with Crippen LogP contribution in [0, 0.1) is 17.0 Å². The van der Waals surface area contributed by atoms with E-state index in [-0.39, 0.29) is 5.69 Å². The molecule has 6 nitrogen and oxygen atoms in total. The molecule has 2 N–H and O–H groups in total. The topological polar surface area (TPSA) is 87.0 Å². The van der Waals surface area contributed by atoms with Gasteiger partial charge < -0.3 is 5.73 Å². The number of aryl methyl sites for hydroxylation is 1. The first kappa shape index (κ1) is 11.1.